The summed E-state index contributed by atoms with van der Waals surface area (Å²) >= 11 is 0. The van der Waals surface area contributed by atoms with Gasteiger partial charge in [-0.05, 0) is 0 Å². The number of methoxy groups -OCH3 is 2. The minimum Gasteiger partial charge on any atom is -0.491 e. The van der Waals surface area contributed by atoms with Gasteiger partial charge in [0.2, 0.25) is 0 Å². The zero-order valence-electron chi connectivity index (χ0n) is 6.21. The molecule has 0 aromatic carbocycles. The molecule has 4 nitrogen and oxygen atoms in total. The normalized spacial score (nSPS) is 7.00. The van der Waals surface area contributed by atoms with Crippen LogP contribution in [0, 0.1) is 6.42 Å². The van der Waals surface area contributed by atoms with E-state index >= 15 is 0 Å². The molecule has 0 N–H and O–H groups in total. The second-order valence-electron chi connectivity index (χ2n) is 1.19. The van der Waals surface area contributed by atoms with Crippen molar-refractivity contribution in [3.8, 4) is 0 Å². The fourth-order valence-electron chi connectivity index (χ4n) is 0.214. The van der Waals surface area contributed by atoms with Crippen molar-refractivity contribution in [3.63, 3.8) is 0 Å². The molecule has 0 saturated carbocycles. The Labute approximate surface area is 102 Å². The van der Waals surface area contributed by atoms with Crippen LogP contribution in [-0.2, 0) is 19.1 Å². The molecule has 0 aromatic heterocycles. The molecule has 52 valence electrons. The predicted molar refractivity (Wildman–Crippen MR) is 28.3 cm³/mol. The molecule has 10 heavy (non-hydrogen) atoms. The quantitative estimate of drug-likeness (QED) is 0.187. The van der Waals surface area contributed by atoms with Crippen molar-refractivity contribution in [1.29, 1.82) is 0 Å². The number of hydrogen-bond donors (Lipinski definition) is 0. The third-order valence-corrected chi connectivity index (χ3v) is 0.638. The maximum atomic E-state index is 10.2. The van der Waals surface area contributed by atoms with Crippen molar-refractivity contribution in [2.24, 2.45) is 0 Å². The Kier molecular flexibility index (Phi) is 9.87. The van der Waals surface area contributed by atoms with E-state index in [0.29, 0.717) is 0 Å². The molecule has 0 aliphatic rings. The largest absolute Gasteiger partial charge is 1.00 e. The van der Waals surface area contributed by atoms with E-state index in [4.69, 9.17) is 0 Å². The average molecular weight is 170 g/mol. The fraction of sp³-hybridized carbons (Fsp3) is 0.400. The molecule has 0 radical (unpaired) electrons. The van der Waals surface area contributed by atoms with Gasteiger partial charge in [-0.25, -0.2) is 0 Å². The van der Waals surface area contributed by atoms with Crippen molar-refractivity contribution >= 4 is 11.9 Å². The molecule has 0 aliphatic carbocycles. The summed E-state index contributed by atoms with van der Waals surface area (Å²) in [7, 11) is 2.36. The molecule has 0 atom stereocenters. The van der Waals surface area contributed by atoms with Gasteiger partial charge in [0.15, 0.2) is 11.9 Å². The molecule has 0 fully saturated rings. The van der Waals surface area contributed by atoms with Gasteiger partial charge in [0.1, 0.15) is 0 Å². The first-order valence-corrected chi connectivity index (χ1v) is 2.21. The predicted octanol–water partition coefficient (Wildman–Crippen LogP) is -3.46. The van der Waals surface area contributed by atoms with Crippen molar-refractivity contribution in [2.45, 2.75) is 0 Å². The maximum absolute atomic E-state index is 10.2. The minimum atomic E-state index is -0.707. The zero-order chi connectivity index (χ0) is 7.28. The molecule has 0 aromatic rings. The first kappa shape index (κ1) is 13.1. The van der Waals surface area contributed by atoms with Crippen LogP contribution in [-0.4, -0.2) is 26.2 Å². The van der Waals surface area contributed by atoms with E-state index in [1.807, 2.05) is 0 Å². The third kappa shape index (κ3) is 6.56. The second-order valence-corrected chi connectivity index (χ2v) is 1.19. The van der Waals surface area contributed by atoms with Crippen LogP contribution in [0.15, 0.2) is 0 Å². The average Bonchev–Trinajstić information content (AvgIpc) is 1.87. The van der Waals surface area contributed by atoms with Crippen molar-refractivity contribution in [1.82, 2.24) is 0 Å². The van der Waals surface area contributed by atoms with Crippen molar-refractivity contribution in [2.75, 3.05) is 14.2 Å². The molecule has 0 spiro atoms. The summed E-state index contributed by atoms with van der Waals surface area (Å²) < 4.78 is 8.25. The molecular weight excluding hydrogens is 163 g/mol. The van der Waals surface area contributed by atoms with Gasteiger partial charge < -0.3 is 9.47 Å². The van der Waals surface area contributed by atoms with E-state index in [1.165, 1.54) is 14.2 Å². The van der Waals surface area contributed by atoms with E-state index in [0.717, 1.165) is 6.42 Å². The van der Waals surface area contributed by atoms with Crippen LogP contribution in [0.3, 0.4) is 0 Å². The van der Waals surface area contributed by atoms with Crippen LogP contribution in [0.2, 0.25) is 0 Å². The number of esters is 2. The summed E-state index contributed by atoms with van der Waals surface area (Å²) in [5.74, 6) is -1.41. The van der Waals surface area contributed by atoms with Gasteiger partial charge in [0, 0.05) is 0 Å². The van der Waals surface area contributed by atoms with E-state index in [1.54, 1.807) is 0 Å². The number of hydrogen-bond acceptors (Lipinski definition) is 4. The topological polar surface area (TPSA) is 52.6 Å². The molecule has 0 heterocycles. The van der Waals surface area contributed by atoms with Gasteiger partial charge >= 0.3 is 51.4 Å². The summed E-state index contributed by atoms with van der Waals surface area (Å²) in [4.78, 5) is 20.4. The van der Waals surface area contributed by atoms with E-state index < -0.39 is 11.9 Å². The Bertz CT molecular complexity index is 109. The van der Waals surface area contributed by atoms with Gasteiger partial charge in [-0.15, -0.1) is 0 Å². The van der Waals surface area contributed by atoms with E-state index in [-0.39, 0.29) is 51.4 Å². The summed E-state index contributed by atoms with van der Waals surface area (Å²) in [5, 5.41) is 0. The Hall–Kier alpha value is 0.446. The summed E-state index contributed by atoms with van der Waals surface area (Å²) in [6, 6.07) is 0. The molecular formula is C5H7KO4. The van der Waals surface area contributed by atoms with Crippen LogP contribution in [0.1, 0.15) is 0 Å². The number of carbonyl (C=O) groups excluding carboxylic acids is 2. The van der Waals surface area contributed by atoms with Crippen LogP contribution in [0.5, 0.6) is 0 Å². The van der Waals surface area contributed by atoms with Crippen molar-refractivity contribution in [3.05, 3.63) is 6.42 Å². The zero-order valence-corrected chi connectivity index (χ0v) is 9.33. The molecule has 0 rings (SSSR count). The van der Waals surface area contributed by atoms with Gasteiger partial charge in [-0.1, -0.05) is 0 Å². The fourth-order valence-corrected chi connectivity index (χ4v) is 0.214. The first-order chi connectivity index (χ1) is 4.20. The van der Waals surface area contributed by atoms with Gasteiger partial charge in [0.25, 0.3) is 0 Å². The van der Waals surface area contributed by atoms with Gasteiger partial charge in [0.05, 0.1) is 14.2 Å². The van der Waals surface area contributed by atoms with Crippen LogP contribution in [0.25, 0.3) is 0 Å². The molecule has 0 unspecified atom stereocenters. The monoisotopic (exact) mass is 170 g/mol. The first-order valence-electron chi connectivity index (χ1n) is 2.21. The molecule has 0 aliphatic heterocycles. The van der Waals surface area contributed by atoms with Gasteiger partial charge in [-0.3, -0.25) is 9.59 Å². The summed E-state index contributed by atoms with van der Waals surface area (Å²) in [6.45, 7) is 0. The Balaban J connectivity index is 0. The van der Waals surface area contributed by atoms with E-state index in [9.17, 15) is 9.59 Å². The number of ether oxygens (including phenoxy) is 2. The van der Waals surface area contributed by atoms with Crippen LogP contribution < -0.4 is 51.4 Å². The van der Waals surface area contributed by atoms with Gasteiger partial charge in [-0.2, -0.15) is 6.42 Å². The summed E-state index contributed by atoms with van der Waals surface area (Å²) in [6.07, 6.45) is 0.722. The standard InChI is InChI=1S/C5H7O4.K/c1-8-4(6)3-5(7)9-2;/h3H,1-2H3;/q-1;+1. The third-order valence-electron chi connectivity index (χ3n) is 0.638. The van der Waals surface area contributed by atoms with Crippen molar-refractivity contribution < 1.29 is 70.4 Å². The number of rotatable bonds is 2. The van der Waals surface area contributed by atoms with E-state index in [2.05, 4.69) is 9.47 Å². The maximum Gasteiger partial charge on any atom is 1.00 e. The second kappa shape index (κ2) is 7.55. The Morgan fingerprint density at radius 1 is 1.10 bits per heavy atom. The SMILES string of the molecule is COC(=O)[CH-]C(=O)OC.[K+]. The van der Waals surface area contributed by atoms with Crippen LogP contribution >= 0.6 is 0 Å². The molecule has 0 bridgehead atoms. The van der Waals surface area contributed by atoms with Crippen LogP contribution in [0.4, 0.5) is 0 Å². The summed E-state index contributed by atoms with van der Waals surface area (Å²) in [5.41, 5.74) is 0. The Morgan fingerprint density at radius 3 is 1.60 bits per heavy atom. The smallest absolute Gasteiger partial charge is 0.491 e. The molecule has 0 saturated heterocycles. The molecule has 0 amide bonds. The minimum absolute atomic E-state index is 0. The number of carbonyl (C=O) groups is 2. The Morgan fingerprint density at radius 2 is 1.40 bits per heavy atom. The molecule has 5 heteroatoms.